The van der Waals surface area contributed by atoms with E-state index in [0.717, 1.165) is 0 Å². The maximum Gasteiger partial charge on any atom is 0.236 e. The second-order valence-electron chi connectivity index (χ2n) is 5.96. The topological polar surface area (TPSA) is 58.6 Å². The molecule has 0 spiro atoms. The van der Waals surface area contributed by atoms with Gasteiger partial charge >= 0.3 is 0 Å². The van der Waals surface area contributed by atoms with Crippen LogP contribution in [0.3, 0.4) is 0 Å². The van der Waals surface area contributed by atoms with Crippen molar-refractivity contribution in [3.63, 3.8) is 0 Å². The quantitative estimate of drug-likeness (QED) is 0.870. The molecule has 0 atom stereocenters. The van der Waals surface area contributed by atoms with Crippen LogP contribution in [-0.2, 0) is 9.59 Å². The molecule has 1 aromatic rings. The van der Waals surface area contributed by atoms with Crippen LogP contribution in [-0.4, -0.2) is 25.0 Å². The normalized spacial score (nSPS) is 16.3. The summed E-state index contributed by atoms with van der Waals surface area (Å²) in [5.74, 6) is 0.539. The van der Waals surface area contributed by atoms with Crippen molar-refractivity contribution in [2.45, 2.75) is 27.2 Å². The predicted molar refractivity (Wildman–Crippen MR) is 87.2 cm³/mol. The Kier molecular flexibility index (Phi) is 4.54. The van der Waals surface area contributed by atoms with Crippen molar-refractivity contribution < 1.29 is 14.3 Å². The zero-order valence-electron chi connectivity index (χ0n) is 13.3. The summed E-state index contributed by atoms with van der Waals surface area (Å²) in [6.07, 6.45) is 2.08. The van der Waals surface area contributed by atoms with E-state index in [0.29, 0.717) is 36.7 Å². The molecule has 1 aromatic carbocycles. The third-order valence-corrected chi connectivity index (χ3v) is 3.58. The molecule has 5 nitrogen and oxygen atoms in total. The van der Waals surface area contributed by atoms with Gasteiger partial charge in [0.1, 0.15) is 12.4 Å². The molecule has 5 heteroatoms. The van der Waals surface area contributed by atoms with Gasteiger partial charge in [-0.15, -0.1) is 6.58 Å². The van der Waals surface area contributed by atoms with Gasteiger partial charge in [-0.1, -0.05) is 13.0 Å². The average molecular weight is 302 g/mol. The Morgan fingerprint density at radius 1 is 1.50 bits per heavy atom. The second-order valence-corrected chi connectivity index (χ2v) is 5.96. The molecule has 2 rings (SSSR count). The fraction of sp³-hybridized carbons (Fsp3) is 0.412. The lowest BCUT2D eigenvalue weighted by Crippen LogP contribution is -2.42. The first-order valence-corrected chi connectivity index (χ1v) is 7.38. The van der Waals surface area contributed by atoms with Crippen LogP contribution in [0.15, 0.2) is 30.9 Å². The zero-order chi connectivity index (χ0) is 16.3. The number of hydrogen-bond donors (Lipinski definition) is 1. The Balaban J connectivity index is 2.44. The van der Waals surface area contributed by atoms with Gasteiger partial charge in [0, 0.05) is 18.7 Å². The molecule has 2 amide bonds. The van der Waals surface area contributed by atoms with Crippen molar-refractivity contribution in [3.8, 4) is 5.75 Å². The lowest BCUT2D eigenvalue weighted by atomic mass is 9.93. The lowest BCUT2D eigenvalue weighted by Gasteiger charge is -2.27. The molecule has 1 N–H and O–H groups in total. The number of amides is 2. The third-order valence-electron chi connectivity index (χ3n) is 3.58. The van der Waals surface area contributed by atoms with Gasteiger partial charge in [-0.3, -0.25) is 9.59 Å². The number of nitrogens with zero attached hydrogens (tertiary/aromatic N) is 1. The fourth-order valence-corrected chi connectivity index (χ4v) is 2.28. The largest absolute Gasteiger partial charge is 0.490 e. The van der Waals surface area contributed by atoms with Crippen molar-refractivity contribution in [1.82, 2.24) is 0 Å². The third kappa shape index (κ3) is 3.13. The molecule has 0 fully saturated rings. The molecule has 1 aliphatic rings. The van der Waals surface area contributed by atoms with E-state index in [9.17, 15) is 9.59 Å². The zero-order valence-corrected chi connectivity index (χ0v) is 13.3. The van der Waals surface area contributed by atoms with E-state index in [1.165, 1.54) is 0 Å². The minimum absolute atomic E-state index is 0.0230. The number of hydrogen-bond acceptors (Lipinski definition) is 3. The van der Waals surface area contributed by atoms with E-state index in [1.807, 2.05) is 13.8 Å². The van der Waals surface area contributed by atoms with Gasteiger partial charge in [0.15, 0.2) is 0 Å². The van der Waals surface area contributed by atoms with E-state index in [4.69, 9.17) is 4.74 Å². The van der Waals surface area contributed by atoms with Gasteiger partial charge in [-0.25, -0.2) is 0 Å². The Morgan fingerprint density at radius 3 is 2.86 bits per heavy atom. The number of anilines is 2. The molecule has 0 saturated carbocycles. The number of rotatable bonds is 4. The smallest absolute Gasteiger partial charge is 0.236 e. The standard InChI is InChI=1S/C17H22N2O3/c1-5-9-19-13-10-12(18-15(20)6-2)7-8-14(13)22-11-17(3,4)16(19)21/h5,7-8,10H,1,6,9,11H2,2-4H3,(H,18,20). The van der Waals surface area contributed by atoms with Gasteiger partial charge in [0.2, 0.25) is 11.8 Å². The van der Waals surface area contributed by atoms with Gasteiger partial charge in [0.25, 0.3) is 0 Å². The number of carbonyl (C=O) groups excluding carboxylic acids is 2. The van der Waals surface area contributed by atoms with Crippen LogP contribution in [0.25, 0.3) is 0 Å². The monoisotopic (exact) mass is 302 g/mol. The molecule has 0 bridgehead atoms. The van der Waals surface area contributed by atoms with Gasteiger partial charge < -0.3 is 15.0 Å². The molecule has 22 heavy (non-hydrogen) atoms. The van der Waals surface area contributed by atoms with E-state index in [1.54, 1.807) is 36.1 Å². The first-order chi connectivity index (χ1) is 10.4. The molecule has 0 radical (unpaired) electrons. The van der Waals surface area contributed by atoms with Crippen molar-refractivity contribution >= 4 is 23.2 Å². The molecule has 0 saturated heterocycles. The van der Waals surface area contributed by atoms with E-state index < -0.39 is 5.41 Å². The summed E-state index contributed by atoms with van der Waals surface area (Å²) in [5, 5.41) is 2.80. The molecule has 0 aliphatic carbocycles. The maximum absolute atomic E-state index is 12.7. The Bertz CT molecular complexity index is 608. The van der Waals surface area contributed by atoms with Crippen LogP contribution in [0, 0.1) is 5.41 Å². The first kappa shape index (κ1) is 16.1. The SMILES string of the molecule is C=CCN1C(=O)C(C)(C)COc2ccc(NC(=O)CC)cc21. The summed E-state index contributed by atoms with van der Waals surface area (Å²) in [5.41, 5.74) is 0.689. The minimum Gasteiger partial charge on any atom is -0.490 e. The van der Waals surface area contributed by atoms with Crippen molar-refractivity contribution in [2.24, 2.45) is 5.41 Å². The summed E-state index contributed by atoms with van der Waals surface area (Å²) < 4.78 is 5.79. The van der Waals surface area contributed by atoms with Crippen LogP contribution in [0.4, 0.5) is 11.4 Å². The molecular formula is C17H22N2O3. The Morgan fingerprint density at radius 2 is 2.23 bits per heavy atom. The van der Waals surface area contributed by atoms with E-state index in [-0.39, 0.29) is 11.8 Å². The molecule has 1 heterocycles. The summed E-state index contributed by atoms with van der Waals surface area (Å²) in [7, 11) is 0. The predicted octanol–water partition coefficient (Wildman–Crippen LogP) is 2.97. The highest BCUT2D eigenvalue weighted by atomic mass is 16.5. The van der Waals surface area contributed by atoms with Gasteiger partial charge in [0.05, 0.1) is 11.1 Å². The van der Waals surface area contributed by atoms with Gasteiger partial charge in [-0.05, 0) is 32.0 Å². The number of nitrogens with one attached hydrogen (secondary N) is 1. The van der Waals surface area contributed by atoms with E-state index in [2.05, 4.69) is 11.9 Å². The molecule has 118 valence electrons. The molecule has 1 aliphatic heterocycles. The van der Waals surface area contributed by atoms with Crippen LogP contribution in [0.5, 0.6) is 5.75 Å². The van der Waals surface area contributed by atoms with Crippen LogP contribution < -0.4 is 15.0 Å². The summed E-state index contributed by atoms with van der Waals surface area (Å²) >= 11 is 0. The van der Waals surface area contributed by atoms with Gasteiger partial charge in [-0.2, -0.15) is 0 Å². The lowest BCUT2D eigenvalue weighted by molar-refractivity contribution is -0.127. The van der Waals surface area contributed by atoms with Crippen LogP contribution in [0.1, 0.15) is 27.2 Å². The average Bonchev–Trinajstić information content (AvgIpc) is 2.58. The molecule has 0 aromatic heterocycles. The highest BCUT2D eigenvalue weighted by Gasteiger charge is 2.37. The summed E-state index contributed by atoms with van der Waals surface area (Å²) in [4.78, 5) is 25.9. The first-order valence-electron chi connectivity index (χ1n) is 7.38. The minimum atomic E-state index is -0.616. The maximum atomic E-state index is 12.7. The summed E-state index contributed by atoms with van der Waals surface area (Å²) in [6, 6.07) is 5.33. The van der Waals surface area contributed by atoms with Crippen molar-refractivity contribution in [2.75, 3.05) is 23.4 Å². The second kappa shape index (κ2) is 6.22. The Hall–Kier alpha value is -2.30. The summed E-state index contributed by atoms with van der Waals surface area (Å²) in [6.45, 7) is 9.93. The Labute approximate surface area is 130 Å². The number of ether oxygens (including phenoxy) is 1. The van der Waals surface area contributed by atoms with Crippen molar-refractivity contribution in [3.05, 3.63) is 30.9 Å². The highest BCUT2D eigenvalue weighted by molar-refractivity contribution is 6.00. The fourth-order valence-electron chi connectivity index (χ4n) is 2.28. The molecular weight excluding hydrogens is 280 g/mol. The molecule has 0 unspecified atom stereocenters. The highest BCUT2D eigenvalue weighted by Crippen LogP contribution is 2.38. The van der Waals surface area contributed by atoms with E-state index >= 15 is 0 Å². The number of carbonyl (C=O) groups is 2. The van der Waals surface area contributed by atoms with Crippen molar-refractivity contribution in [1.29, 1.82) is 0 Å². The number of benzene rings is 1. The number of fused-ring (bicyclic) bond motifs is 1. The van der Waals surface area contributed by atoms with Crippen LogP contribution in [0.2, 0.25) is 0 Å². The van der Waals surface area contributed by atoms with Crippen LogP contribution >= 0.6 is 0 Å².